The van der Waals surface area contributed by atoms with Crippen LogP contribution in [0.15, 0.2) is 65.2 Å². The van der Waals surface area contributed by atoms with E-state index in [1.54, 1.807) is 47.3 Å². The Labute approximate surface area is 195 Å². The number of hydrogen-bond donors (Lipinski definition) is 1. The lowest BCUT2D eigenvalue weighted by Crippen LogP contribution is -2.12. The molecule has 1 N–H and O–H groups in total. The van der Waals surface area contributed by atoms with Crippen molar-refractivity contribution in [3.8, 4) is 5.75 Å². The van der Waals surface area contributed by atoms with Gasteiger partial charge in [-0.1, -0.05) is 41.4 Å². The third-order valence-electron chi connectivity index (χ3n) is 4.86. The Morgan fingerprint density at radius 1 is 1.09 bits per heavy atom. The van der Waals surface area contributed by atoms with Crippen LogP contribution in [0.1, 0.15) is 33.0 Å². The van der Waals surface area contributed by atoms with Crippen molar-refractivity contribution in [3.63, 3.8) is 0 Å². The van der Waals surface area contributed by atoms with Gasteiger partial charge in [0.05, 0.1) is 6.54 Å². The molecule has 0 aliphatic carbocycles. The number of ether oxygens (including phenoxy) is 1. The molecule has 0 saturated carbocycles. The van der Waals surface area contributed by atoms with Gasteiger partial charge in [-0.3, -0.25) is 9.48 Å². The molecule has 0 fully saturated rings. The molecular weight excluding hydrogens is 449 g/mol. The molecule has 8 heteroatoms. The Hall–Kier alpha value is -3.22. The number of benzene rings is 2. The second-order valence-corrected chi connectivity index (χ2v) is 8.19. The monoisotopic (exact) mass is 469 g/mol. The minimum Gasteiger partial charge on any atom is -0.485 e. The van der Waals surface area contributed by atoms with E-state index in [0.717, 1.165) is 22.4 Å². The molecule has 32 heavy (non-hydrogen) atoms. The average molecular weight is 470 g/mol. The molecule has 2 aromatic carbocycles. The highest BCUT2D eigenvalue weighted by Crippen LogP contribution is 2.25. The van der Waals surface area contributed by atoms with Gasteiger partial charge in [-0.15, -0.1) is 0 Å². The topological polar surface area (TPSA) is 69.3 Å². The fourth-order valence-electron chi connectivity index (χ4n) is 3.13. The van der Waals surface area contributed by atoms with Gasteiger partial charge in [0.1, 0.15) is 18.1 Å². The van der Waals surface area contributed by atoms with Crippen LogP contribution < -0.4 is 10.1 Å². The third kappa shape index (κ3) is 5.15. The first-order valence-corrected chi connectivity index (χ1v) is 10.7. The molecule has 0 aliphatic rings. The minimum absolute atomic E-state index is 0.174. The fraction of sp³-hybridized carbons (Fsp3) is 0.167. The number of carbonyl (C=O) groups is 1. The van der Waals surface area contributed by atoms with Gasteiger partial charge >= 0.3 is 0 Å². The van der Waals surface area contributed by atoms with E-state index in [-0.39, 0.29) is 12.4 Å². The number of rotatable bonds is 7. The summed E-state index contributed by atoms with van der Waals surface area (Å²) in [4.78, 5) is 12.5. The predicted molar refractivity (Wildman–Crippen MR) is 125 cm³/mol. The first-order valence-electron chi connectivity index (χ1n) is 9.95. The standard InChI is InChI=1S/C24H21Cl2N3O3/c1-15-6-7-16(2)22(12-15)31-14-17-8-9-21(32-17)24(30)27-23-10-11-29(28-23)13-18-19(25)4-3-5-20(18)26/h3-12H,13-14H2,1-2H3,(H,27,28,30). The van der Waals surface area contributed by atoms with Crippen molar-refractivity contribution in [2.75, 3.05) is 5.32 Å². The summed E-state index contributed by atoms with van der Waals surface area (Å²) in [5.74, 6) is 1.51. The van der Waals surface area contributed by atoms with E-state index in [1.807, 2.05) is 32.0 Å². The van der Waals surface area contributed by atoms with E-state index >= 15 is 0 Å². The normalized spacial score (nSPS) is 10.9. The lowest BCUT2D eigenvalue weighted by molar-refractivity contribution is 0.0992. The lowest BCUT2D eigenvalue weighted by Gasteiger charge is -2.08. The second-order valence-electron chi connectivity index (χ2n) is 7.38. The van der Waals surface area contributed by atoms with Crippen molar-refractivity contribution < 1.29 is 13.9 Å². The zero-order chi connectivity index (χ0) is 22.7. The van der Waals surface area contributed by atoms with Crippen LogP contribution in [0.3, 0.4) is 0 Å². The maximum absolute atomic E-state index is 12.5. The minimum atomic E-state index is -0.399. The molecule has 0 unspecified atom stereocenters. The predicted octanol–water partition coefficient (Wildman–Crippen LogP) is 6.28. The Morgan fingerprint density at radius 3 is 2.66 bits per heavy atom. The van der Waals surface area contributed by atoms with Crippen LogP contribution in [-0.4, -0.2) is 15.7 Å². The van der Waals surface area contributed by atoms with Gasteiger partial charge in [-0.25, -0.2) is 0 Å². The molecule has 0 atom stereocenters. The summed E-state index contributed by atoms with van der Waals surface area (Å²) >= 11 is 12.4. The molecule has 0 spiro atoms. The third-order valence-corrected chi connectivity index (χ3v) is 5.57. The molecule has 2 heterocycles. The first-order chi connectivity index (χ1) is 15.4. The van der Waals surface area contributed by atoms with Crippen molar-refractivity contribution in [2.45, 2.75) is 27.0 Å². The van der Waals surface area contributed by atoms with E-state index < -0.39 is 5.91 Å². The summed E-state index contributed by atoms with van der Waals surface area (Å²) in [5.41, 5.74) is 2.91. The number of nitrogens with one attached hydrogen (secondary N) is 1. The van der Waals surface area contributed by atoms with E-state index in [9.17, 15) is 4.79 Å². The average Bonchev–Trinajstić information content (AvgIpc) is 3.41. The van der Waals surface area contributed by atoms with E-state index in [0.29, 0.717) is 28.2 Å². The van der Waals surface area contributed by atoms with Gasteiger partial charge in [0.2, 0.25) is 0 Å². The number of carbonyl (C=O) groups excluding carboxylic acids is 1. The molecular formula is C24H21Cl2N3O3. The van der Waals surface area contributed by atoms with E-state index in [1.165, 1.54) is 0 Å². The van der Waals surface area contributed by atoms with Gasteiger partial charge in [-0.05, 0) is 55.3 Å². The zero-order valence-electron chi connectivity index (χ0n) is 17.6. The van der Waals surface area contributed by atoms with Crippen molar-refractivity contribution in [2.24, 2.45) is 0 Å². The molecule has 0 bridgehead atoms. The fourth-order valence-corrected chi connectivity index (χ4v) is 3.65. The summed E-state index contributed by atoms with van der Waals surface area (Å²) in [6.45, 7) is 4.60. The van der Waals surface area contributed by atoms with Gasteiger partial charge < -0.3 is 14.5 Å². The molecule has 1 amide bonds. The van der Waals surface area contributed by atoms with Crippen molar-refractivity contribution >= 4 is 34.9 Å². The van der Waals surface area contributed by atoms with Crippen molar-refractivity contribution in [1.29, 1.82) is 0 Å². The Morgan fingerprint density at radius 2 is 1.88 bits per heavy atom. The maximum Gasteiger partial charge on any atom is 0.292 e. The van der Waals surface area contributed by atoms with E-state index in [4.69, 9.17) is 32.4 Å². The molecule has 6 nitrogen and oxygen atoms in total. The molecule has 4 rings (SSSR count). The number of hydrogen-bond acceptors (Lipinski definition) is 4. The number of amides is 1. The molecule has 164 valence electrons. The smallest absolute Gasteiger partial charge is 0.292 e. The van der Waals surface area contributed by atoms with Crippen molar-refractivity contribution in [3.05, 3.63) is 99.1 Å². The SMILES string of the molecule is Cc1ccc(C)c(OCc2ccc(C(=O)Nc3ccn(Cc4c(Cl)cccc4Cl)n3)o2)c1. The van der Waals surface area contributed by atoms with Crippen LogP contribution in [0.25, 0.3) is 0 Å². The molecule has 2 aromatic heterocycles. The van der Waals surface area contributed by atoms with Crippen LogP contribution in [0.4, 0.5) is 5.82 Å². The Bertz CT molecular complexity index is 1240. The maximum atomic E-state index is 12.5. The number of nitrogens with zero attached hydrogens (tertiary/aromatic N) is 2. The van der Waals surface area contributed by atoms with Gasteiger partial charge in [0.25, 0.3) is 5.91 Å². The summed E-state index contributed by atoms with van der Waals surface area (Å²) in [6.07, 6.45) is 1.74. The second kappa shape index (κ2) is 9.51. The lowest BCUT2D eigenvalue weighted by atomic mass is 10.1. The van der Waals surface area contributed by atoms with Gasteiger partial charge in [0.15, 0.2) is 11.6 Å². The number of halogens is 2. The van der Waals surface area contributed by atoms with Crippen LogP contribution in [0.2, 0.25) is 10.0 Å². The summed E-state index contributed by atoms with van der Waals surface area (Å²) in [6, 6.07) is 16.4. The van der Waals surface area contributed by atoms with E-state index in [2.05, 4.69) is 10.4 Å². The molecule has 0 radical (unpaired) electrons. The number of aryl methyl sites for hydroxylation is 2. The van der Waals surface area contributed by atoms with Gasteiger partial charge in [0, 0.05) is 27.9 Å². The highest BCUT2D eigenvalue weighted by molar-refractivity contribution is 6.35. The Kier molecular flexibility index (Phi) is 6.53. The summed E-state index contributed by atoms with van der Waals surface area (Å²) in [5, 5.41) is 8.20. The van der Waals surface area contributed by atoms with Crippen molar-refractivity contribution in [1.82, 2.24) is 9.78 Å². The Balaban J connectivity index is 1.37. The van der Waals surface area contributed by atoms with Crippen LogP contribution >= 0.6 is 23.2 Å². The quantitative estimate of drug-likeness (QED) is 0.345. The van der Waals surface area contributed by atoms with Crippen LogP contribution in [0.5, 0.6) is 5.75 Å². The molecule has 4 aromatic rings. The van der Waals surface area contributed by atoms with Crippen LogP contribution in [0, 0.1) is 13.8 Å². The highest BCUT2D eigenvalue weighted by atomic mass is 35.5. The van der Waals surface area contributed by atoms with Crippen LogP contribution in [-0.2, 0) is 13.2 Å². The largest absolute Gasteiger partial charge is 0.485 e. The number of furan rings is 1. The first kappa shape index (κ1) is 22.0. The van der Waals surface area contributed by atoms with Gasteiger partial charge in [-0.2, -0.15) is 5.10 Å². The number of aromatic nitrogens is 2. The highest BCUT2D eigenvalue weighted by Gasteiger charge is 2.14. The molecule has 0 aliphatic heterocycles. The number of anilines is 1. The summed E-state index contributed by atoms with van der Waals surface area (Å²) in [7, 11) is 0. The molecule has 0 saturated heterocycles. The zero-order valence-corrected chi connectivity index (χ0v) is 19.1. The summed E-state index contributed by atoms with van der Waals surface area (Å²) < 4.78 is 13.1.